The topological polar surface area (TPSA) is 77.1 Å². The number of nitrogens with two attached hydrogens (primary N) is 1. The molecule has 0 atom stereocenters. The number of hydrogen-bond acceptors (Lipinski definition) is 4. The monoisotopic (exact) mass is 363 g/mol. The Morgan fingerprint density at radius 3 is 2.74 bits per heavy atom. The van der Waals surface area contributed by atoms with E-state index in [4.69, 9.17) is 5.73 Å². The van der Waals surface area contributed by atoms with Crippen LogP contribution in [0, 0.1) is 0 Å². The lowest BCUT2D eigenvalue weighted by molar-refractivity contribution is 0.581. The van der Waals surface area contributed by atoms with Crippen molar-refractivity contribution in [2.45, 2.75) is 18.0 Å². The molecule has 0 saturated heterocycles. The van der Waals surface area contributed by atoms with Gasteiger partial charge in [0.1, 0.15) is 0 Å². The first-order valence-corrected chi connectivity index (χ1v) is 8.61. The van der Waals surface area contributed by atoms with Gasteiger partial charge in [-0.3, -0.25) is 0 Å². The van der Waals surface area contributed by atoms with Crippen molar-refractivity contribution in [3.8, 4) is 0 Å². The van der Waals surface area contributed by atoms with Crippen LogP contribution in [0.4, 0.5) is 0 Å². The number of rotatable bonds is 5. The summed E-state index contributed by atoms with van der Waals surface area (Å²) in [5, 5.41) is 0. The Bertz CT molecular complexity index is 676. The van der Waals surface area contributed by atoms with E-state index >= 15 is 0 Å². The van der Waals surface area contributed by atoms with Crippen LogP contribution < -0.4 is 10.5 Å². The zero-order valence-electron chi connectivity index (χ0n) is 10.3. The third-order valence-corrected chi connectivity index (χ3v) is 5.66. The van der Waals surface area contributed by atoms with Crippen molar-refractivity contribution in [3.63, 3.8) is 0 Å². The fourth-order valence-electron chi connectivity index (χ4n) is 1.62. The summed E-state index contributed by atoms with van der Waals surface area (Å²) in [5.41, 5.74) is 6.31. The van der Waals surface area contributed by atoms with Crippen molar-refractivity contribution in [1.82, 2.24) is 9.29 Å². The maximum Gasteiger partial charge on any atom is 0.242 e. The average molecular weight is 364 g/mol. The largest absolute Gasteiger partial charge is 0.352 e. The van der Waals surface area contributed by atoms with Crippen LogP contribution in [0.15, 0.2) is 33.1 Å². The number of hydrogen-bond donors (Lipinski definition) is 2. The van der Waals surface area contributed by atoms with Crippen molar-refractivity contribution in [3.05, 3.63) is 38.8 Å². The van der Waals surface area contributed by atoms with Gasteiger partial charge in [0, 0.05) is 36.9 Å². The molecule has 2 aromatic rings. The number of halogens is 1. The van der Waals surface area contributed by atoms with Gasteiger partial charge in [-0.15, -0.1) is 11.3 Å². The van der Waals surface area contributed by atoms with Crippen LogP contribution in [-0.4, -0.2) is 13.0 Å². The summed E-state index contributed by atoms with van der Waals surface area (Å²) < 4.78 is 29.5. The van der Waals surface area contributed by atoms with Crippen LogP contribution >= 0.6 is 27.3 Å². The second kappa shape index (κ2) is 5.76. The molecule has 0 saturated carbocycles. The predicted molar refractivity (Wildman–Crippen MR) is 79.3 cm³/mol. The van der Waals surface area contributed by atoms with Crippen molar-refractivity contribution >= 4 is 37.3 Å². The summed E-state index contributed by atoms with van der Waals surface area (Å²) in [7, 11) is -1.72. The first-order valence-electron chi connectivity index (χ1n) is 5.51. The van der Waals surface area contributed by atoms with Crippen molar-refractivity contribution in [2.24, 2.45) is 12.8 Å². The van der Waals surface area contributed by atoms with E-state index in [1.54, 1.807) is 23.9 Å². The minimum absolute atomic E-state index is 0.242. The van der Waals surface area contributed by atoms with Gasteiger partial charge in [-0.05, 0) is 34.1 Å². The second-order valence-electron chi connectivity index (χ2n) is 4.01. The van der Waals surface area contributed by atoms with Gasteiger partial charge in [-0.1, -0.05) is 0 Å². The summed E-state index contributed by atoms with van der Waals surface area (Å²) in [6.45, 7) is 0.593. The number of nitrogens with one attached hydrogen (secondary N) is 1. The highest BCUT2D eigenvalue weighted by Crippen LogP contribution is 2.22. The average Bonchev–Trinajstić information content (AvgIpc) is 2.93. The molecule has 0 spiro atoms. The van der Waals surface area contributed by atoms with E-state index < -0.39 is 10.0 Å². The highest BCUT2D eigenvalue weighted by atomic mass is 79.9. The Morgan fingerprint density at radius 2 is 2.21 bits per heavy atom. The van der Waals surface area contributed by atoms with Crippen LogP contribution in [0.2, 0.25) is 0 Å². The molecule has 2 aromatic heterocycles. The van der Waals surface area contributed by atoms with E-state index in [0.29, 0.717) is 6.54 Å². The molecule has 8 heteroatoms. The van der Waals surface area contributed by atoms with E-state index in [1.807, 2.05) is 12.1 Å². The molecular formula is C11H14BrN3O2S2. The van der Waals surface area contributed by atoms with E-state index in [9.17, 15) is 8.42 Å². The Labute approximate surface area is 124 Å². The lowest BCUT2D eigenvalue weighted by atomic mass is 10.4. The Hall–Kier alpha value is -0.670. The number of nitrogens with zero attached hydrogens (tertiary/aromatic N) is 1. The molecule has 2 heterocycles. The Balaban J connectivity index is 2.13. The highest BCUT2D eigenvalue weighted by Gasteiger charge is 2.17. The molecule has 2 rings (SSSR count). The van der Waals surface area contributed by atoms with Crippen molar-refractivity contribution in [1.29, 1.82) is 0 Å². The van der Waals surface area contributed by atoms with Gasteiger partial charge in [0.05, 0.1) is 8.68 Å². The molecule has 0 amide bonds. The number of thiophene rings is 1. The van der Waals surface area contributed by atoms with Gasteiger partial charge >= 0.3 is 0 Å². The normalized spacial score (nSPS) is 11.9. The summed E-state index contributed by atoms with van der Waals surface area (Å²) in [5.74, 6) is 0. The third-order valence-electron chi connectivity index (χ3n) is 2.67. The first kappa shape index (κ1) is 14.7. The van der Waals surface area contributed by atoms with Crippen LogP contribution in [0.1, 0.15) is 10.6 Å². The summed E-state index contributed by atoms with van der Waals surface area (Å²) in [6.07, 6.45) is 1.56. The molecule has 0 radical (unpaired) electrons. The zero-order valence-corrected chi connectivity index (χ0v) is 13.5. The maximum absolute atomic E-state index is 12.1. The SMILES string of the molecule is Cn1cc(S(=O)(=O)NCc2ccc(Br)s2)cc1CN. The fourth-order valence-corrected chi connectivity index (χ4v) is 4.24. The molecule has 3 N–H and O–H groups in total. The van der Waals surface area contributed by atoms with Crippen LogP contribution in [0.5, 0.6) is 0 Å². The van der Waals surface area contributed by atoms with Gasteiger partial charge in [-0.2, -0.15) is 0 Å². The van der Waals surface area contributed by atoms with E-state index in [-0.39, 0.29) is 11.4 Å². The minimum Gasteiger partial charge on any atom is -0.352 e. The standard InChI is InChI=1S/C11H14BrN3O2S2/c1-15-7-10(4-8(15)5-13)19(16,17)14-6-9-2-3-11(12)18-9/h2-4,7,14H,5-6,13H2,1H3. The zero-order chi connectivity index (χ0) is 14.0. The molecule has 104 valence electrons. The predicted octanol–water partition coefficient (Wildman–Crippen LogP) is 1.79. The smallest absolute Gasteiger partial charge is 0.242 e. The fraction of sp³-hybridized carbons (Fsp3) is 0.273. The van der Waals surface area contributed by atoms with Gasteiger partial charge in [0.2, 0.25) is 10.0 Å². The molecule has 0 unspecified atom stereocenters. The molecule has 19 heavy (non-hydrogen) atoms. The van der Waals surface area contributed by atoms with Gasteiger partial charge < -0.3 is 10.3 Å². The number of aryl methyl sites for hydroxylation is 1. The van der Waals surface area contributed by atoms with Crippen LogP contribution in [0.3, 0.4) is 0 Å². The molecule has 0 aliphatic rings. The molecule has 5 nitrogen and oxygen atoms in total. The van der Waals surface area contributed by atoms with Crippen LogP contribution in [0.25, 0.3) is 0 Å². The van der Waals surface area contributed by atoms with Gasteiger partial charge in [-0.25, -0.2) is 13.1 Å². The van der Waals surface area contributed by atoms with Crippen LogP contribution in [-0.2, 0) is 30.2 Å². The molecular weight excluding hydrogens is 350 g/mol. The van der Waals surface area contributed by atoms with Gasteiger partial charge in [0.15, 0.2) is 0 Å². The second-order valence-corrected chi connectivity index (χ2v) is 8.33. The number of aromatic nitrogens is 1. The van der Waals surface area contributed by atoms with E-state index in [0.717, 1.165) is 14.4 Å². The quantitative estimate of drug-likeness (QED) is 0.849. The number of sulfonamides is 1. The van der Waals surface area contributed by atoms with Crippen molar-refractivity contribution < 1.29 is 8.42 Å². The lowest BCUT2D eigenvalue weighted by Crippen LogP contribution is -2.22. The Kier molecular flexibility index (Phi) is 4.46. The third kappa shape index (κ3) is 3.46. The molecule has 0 fully saturated rings. The molecule has 0 aliphatic carbocycles. The van der Waals surface area contributed by atoms with E-state index in [1.165, 1.54) is 11.3 Å². The molecule has 0 bridgehead atoms. The van der Waals surface area contributed by atoms with Crippen molar-refractivity contribution in [2.75, 3.05) is 0 Å². The minimum atomic E-state index is -3.50. The highest BCUT2D eigenvalue weighted by molar-refractivity contribution is 9.11. The summed E-state index contributed by atoms with van der Waals surface area (Å²) >= 11 is 4.84. The summed E-state index contributed by atoms with van der Waals surface area (Å²) in [4.78, 5) is 1.19. The summed E-state index contributed by atoms with van der Waals surface area (Å²) in [6, 6.07) is 5.36. The Morgan fingerprint density at radius 1 is 1.47 bits per heavy atom. The van der Waals surface area contributed by atoms with Gasteiger partial charge in [0.25, 0.3) is 0 Å². The van der Waals surface area contributed by atoms with E-state index in [2.05, 4.69) is 20.7 Å². The maximum atomic E-state index is 12.1. The first-order chi connectivity index (χ1) is 8.92. The molecule has 0 aliphatic heterocycles. The lowest BCUT2D eigenvalue weighted by Gasteiger charge is -2.02. The molecule has 0 aromatic carbocycles.